The van der Waals surface area contributed by atoms with Crippen molar-refractivity contribution in [3.8, 4) is 0 Å². The standard InChI is InChI=1S/C15H28F3N3O2/c1-3-12(2)13(19)14(22)21-8-6-20(7-9-21)5-4-10-23-11-15(16,17)18/h12-13H,3-11,19H2,1-2H3. The average Bonchev–Trinajstić information content (AvgIpc) is 2.52. The molecular weight excluding hydrogens is 311 g/mol. The van der Waals surface area contributed by atoms with E-state index in [9.17, 15) is 18.0 Å². The van der Waals surface area contributed by atoms with Gasteiger partial charge in [0.25, 0.3) is 0 Å². The quantitative estimate of drug-likeness (QED) is 0.681. The summed E-state index contributed by atoms with van der Waals surface area (Å²) in [5, 5.41) is 0. The highest BCUT2D eigenvalue weighted by molar-refractivity contribution is 5.82. The number of halogens is 3. The Morgan fingerprint density at radius 2 is 1.87 bits per heavy atom. The van der Waals surface area contributed by atoms with Crippen LogP contribution in [0, 0.1) is 5.92 Å². The average molecular weight is 339 g/mol. The van der Waals surface area contributed by atoms with Gasteiger partial charge in [0.05, 0.1) is 6.04 Å². The molecule has 2 atom stereocenters. The monoisotopic (exact) mass is 339 g/mol. The maximum absolute atomic E-state index is 12.3. The fourth-order valence-corrected chi connectivity index (χ4v) is 2.48. The van der Waals surface area contributed by atoms with E-state index in [0.717, 1.165) is 19.5 Å². The van der Waals surface area contributed by atoms with Gasteiger partial charge in [-0.15, -0.1) is 0 Å². The third-order valence-corrected chi connectivity index (χ3v) is 4.25. The summed E-state index contributed by atoms with van der Waals surface area (Å²) < 4.78 is 40.3. The van der Waals surface area contributed by atoms with Crippen LogP contribution in [0.3, 0.4) is 0 Å². The van der Waals surface area contributed by atoms with Crippen molar-refractivity contribution < 1.29 is 22.7 Å². The third kappa shape index (κ3) is 7.50. The van der Waals surface area contributed by atoms with Gasteiger partial charge in [-0.25, -0.2) is 0 Å². The van der Waals surface area contributed by atoms with E-state index in [1.807, 2.05) is 13.8 Å². The third-order valence-electron chi connectivity index (χ3n) is 4.25. The molecule has 0 aromatic carbocycles. The lowest BCUT2D eigenvalue weighted by atomic mass is 9.98. The summed E-state index contributed by atoms with van der Waals surface area (Å²) >= 11 is 0. The minimum atomic E-state index is -4.26. The number of piperazine rings is 1. The number of nitrogens with two attached hydrogens (primary N) is 1. The number of carbonyl (C=O) groups excluding carboxylic acids is 1. The first-order chi connectivity index (χ1) is 10.7. The molecule has 5 nitrogen and oxygen atoms in total. The van der Waals surface area contributed by atoms with E-state index in [1.165, 1.54) is 0 Å². The molecule has 1 aliphatic heterocycles. The lowest BCUT2D eigenvalue weighted by molar-refractivity contribution is -0.174. The largest absolute Gasteiger partial charge is 0.411 e. The first-order valence-corrected chi connectivity index (χ1v) is 8.15. The molecule has 1 rings (SSSR count). The van der Waals surface area contributed by atoms with Gasteiger partial charge in [-0.3, -0.25) is 9.69 Å². The van der Waals surface area contributed by atoms with Gasteiger partial charge in [0, 0.05) is 39.3 Å². The molecule has 0 aliphatic carbocycles. The number of hydrogen-bond donors (Lipinski definition) is 1. The van der Waals surface area contributed by atoms with Crippen LogP contribution in [0.15, 0.2) is 0 Å². The number of alkyl halides is 3. The van der Waals surface area contributed by atoms with Gasteiger partial charge in [0.15, 0.2) is 0 Å². The normalized spacial score (nSPS) is 19.7. The van der Waals surface area contributed by atoms with Crippen molar-refractivity contribution in [2.24, 2.45) is 11.7 Å². The molecule has 0 aromatic heterocycles. The zero-order chi connectivity index (χ0) is 17.5. The van der Waals surface area contributed by atoms with Gasteiger partial charge in [0.2, 0.25) is 5.91 Å². The van der Waals surface area contributed by atoms with Crippen LogP contribution in [0.4, 0.5) is 13.2 Å². The van der Waals surface area contributed by atoms with Crippen molar-refractivity contribution in [2.45, 2.75) is 38.9 Å². The van der Waals surface area contributed by atoms with Gasteiger partial charge in [-0.2, -0.15) is 13.2 Å². The minimum Gasteiger partial charge on any atom is -0.372 e. The second kappa shape index (κ2) is 9.44. The maximum atomic E-state index is 12.3. The van der Waals surface area contributed by atoms with Gasteiger partial charge >= 0.3 is 6.18 Å². The Labute approximate surface area is 135 Å². The minimum absolute atomic E-state index is 0.00693. The molecule has 23 heavy (non-hydrogen) atoms. The maximum Gasteiger partial charge on any atom is 0.411 e. The second-order valence-corrected chi connectivity index (χ2v) is 6.10. The molecule has 0 spiro atoms. The van der Waals surface area contributed by atoms with Crippen LogP contribution in [-0.4, -0.2) is 73.9 Å². The van der Waals surface area contributed by atoms with E-state index in [4.69, 9.17) is 5.73 Å². The van der Waals surface area contributed by atoms with Crippen molar-refractivity contribution in [1.82, 2.24) is 9.80 Å². The molecule has 1 amide bonds. The van der Waals surface area contributed by atoms with Crippen LogP contribution >= 0.6 is 0 Å². The summed E-state index contributed by atoms with van der Waals surface area (Å²) in [6.07, 6.45) is -2.85. The topological polar surface area (TPSA) is 58.8 Å². The molecular formula is C15H28F3N3O2. The SMILES string of the molecule is CCC(C)C(N)C(=O)N1CCN(CCCOCC(F)(F)F)CC1. The van der Waals surface area contributed by atoms with E-state index in [1.54, 1.807) is 4.90 Å². The fourth-order valence-electron chi connectivity index (χ4n) is 2.48. The van der Waals surface area contributed by atoms with Gasteiger partial charge < -0.3 is 15.4 Å². The summed E-state index contributed by atoms with van der Waals surface area (Å²) in [5.41, 5.74) is 5.97. The molecule has 1 saturated heterocycles. The molecule has 136 valence electrons. The first kappa shape index (κ1) is 20.2. The Hall–Kier alpha value is -0.860. The molecule has 0 bridgehead atoms. The molecule has 0 aromatic rings. The predicted octanol–water partition coefficient (Wildman–Crippen LogP) is 1.47. The number of rotatable bonds is 8. The number of hydrogen-bond acceptors (Lipinski definition) is 4. The highest BCUT2D eigenvalue weighted by Gasteiger charge is 2.28. The van der Waals surface area contributed by atoms with Crippen LogP contribution in [0.1, 0.15) is 26.7 Å². The molecule has 2 unspecified atom stereocenters. The molecule has 1 heterocycles. The Balaban J connectivity index is 2.19. The van der Waals surface area contributed by atoms with Crippen molar-refractivity contribution in [2.75, 3.05) is 45.9 Å². The number of carbonyl (C=O) groups is 1. The number of amides is 1. The van der Waals surface area contributed by atoms with Gasteiger partial charge in [-0.1, -0.05) is 20.3 Å². The van der Waals surface area contributed by atoms with Gasteiger partial charge in [0.1, 0.15) is 6.61 Å². The van der Waals surface area contributed by atoms with Crippen molar-refractivity contribution in [3.63, 3.8) is 0 Å². The molecule has 8 heteroatoms. The Bertz CT molecular complexity index is 358. The lowest BCUT2D eigenvalue weighted by Gasteiger charge is -2.36. The lowest BCUT2D eigenvalue weighted by Crippen LogP contribution is -2.54. The summed E-state index contributed by atoms with van der Waals surface area (Å²) in [4.78, 5) is 16.2. The van der Waals surface area contributed by atoms with Crippen LogP contribution in [0.25, 0.3) is 0 Å². The highest BCUT2D eigenvalue weighted by atomic mass is 19.4. The summed E-state index contributed by atoms with van der Waals surface area (Å²) in [6.45, 7) is 6.24. The smallest absolute Gasteiger partial charge is 0.372 e. The Morgan fingerprint density at radius 3 is 2.39 bits per heavy atom. The van der Waals surface area contributed by atoms with E-state index in [-0.39, 0.29) is 18.4 Å². The van der Waals surface area contributed by atoms with Crippen LogP contribution < -0.4 is 5.73 Å². The number of nitrogens with zero attached hydrogens (tertiary/aromatic N) is 2. The van der Waals surface area contributed by atoms with Crippen molar-refractivity contribution in [3.05, 3.63) is 0 Å². The predicted molar refractivity (Wildman–Crippen MR) is 81.9 cm³/mol. The van der Waals surface area contributed by atoms with E-state index >= 15 is 0 Å². The molecule has 1 fully saturated rings. The molecule has 0 saturated carbocycles. The van der Waals surface area contributed by atoms with Crippen molar-refractivity contribution >= 4 is 5.91 Å². The Kier molecular flexibility index (Phi) is 8.28. The van der Waals surface area contributed by atoms with E-state index in [2.05, 4.69) is 9.64 Å². The Morgan fingerprint density at radius 1 is 1.26 bits per heavy atom. The van der Waals surface area contributed by atoms with Crippen LogP contribution in [0.5, 0.6) is 0 Å². The summed E-state index contributed by atoms with van der Waals surface area (Å²) in [7, 11) is 0. The van der Waals surface area contributed by atoms with Crippen LogP contribution in [0.2, 0.25) is 0 Å². The zero-order valence-corrected chi connectivity index (χ0v) is 13.9. The molecule has 2 N–H and O–H groups in total. The molecule has 0 radical (unpaired) electrons. The number of ether oxygens (including phenoxy) is 1. The fraction of sp³-hybridized carbons (Fsp3) is 0.933. The van der Waals surface area contributed by atoms with E-state index in [0.29, 0.717) is 26.1 Å². The first-order valence-electron chi connectivity index (χ1n) is 8.15. The van der Waals surface area contributed by atoms with Crippen LogP contribution in [-0.2, 0) is 9.53 Å². The van der Waals surface area contributed by atoms with Gasteiger partial charge in [-0.05, 0) is 12.3 Å². The summed E-state index contributed by atoms with van der Waals surface area (Å²) in [5.74, 6) is 0.152. The zero-order valence-electron chi connectivity index (χ0n) is 13.9. The molecule has 1 aliphatic rings. The summed E-state index contributed by atoms with van der Waals surface area (Å²) in [6, 6.07) is -0.456. The van der Waals surface area contributed by atoms with E-state index < -0.39 is 18.8 Å². The highest BCUT2D eigenvalue weighted by Crippen LogP contribution is 2.14. The van der Waals surface area contributed by atoms with Crippen molar-refractivity contribution in [1.29, 1.82) is 0 Å². The second-order valence-electron chi connectivity index (χ2n) is 6.10.